The van der Waals surface area contributed by atoms with Gasteiger partial charge in [-0.15, -0.1) is 0 Å². The molecule has 0 radical (unpaired) electrons. The Morgan fingerprint density at radius 2 is 2.00 bits per heavy atom. The van der Waals surface area contributed by atoms with Crippen LogP contribution in [0.5, 0.6) is 0 Å². The fourth-order valence-corrected chi connectivity index (χ4v) is 3.44. The van der Waals surface area contributed by atoms with Gasteiger partial charge in [-0.2, -0.15) is 0 Å². The number of carbonyl (C=O) groups excluding carboxylic acids is 1. The van der Waals surface area contributed by atoms with Crippen LogP contribution in [-0.2, 0) is 16.0 Å². The number of rotatable bonds is 6. The van der Waals surface area contributed by atoms with Gasteiger partial charge in [-0.1, -0.05) is 40.9 Å². The summed E-state index contributed by atoms with van der Waals surface area (Å²) in [6.45, 7) is 0. The Balaban J connectivity index is 1.89. The van der Waals surface area contributed by atoms with Crippen LogP contribution in [0.3, 0.4) is 0 Å². The van der Waals surface area contributed by atoms with E-state index >= 15 is 0 Å². The van der Waals surface area contributed by atoms with Crippen LogP contribution in [0.15, 0.2) is 28.7 Å². The van der Waals surface area contributed by atoms with Gasteiger partial charge in [0.05, 0.1) is 12.0 Å². The maximum atomic E-state index is 12.1. The molecule has 1 saturated carbocycles. The van der Waals surface area contributed by atoms with E-state index in [2.05, 4.69) is 21.2 Å². The van der Waals surface area contributed by atoms with Crippen LogP contribution in [0.4, 0.5) is 0 Å². The number of hydrogen-bond donors (Lipinski definition) is 2. The molecule has 0 aliphatic heterocycles. The van der Waals surface area contributed by atoms with Crippen molar-refractivity contribution < 1.29 is 14.7 Å². The van der Waals surface area contributed by atoms with Gasteiger partial charge in [0.2, 0.25) is 5.91 Å². The monoisotopic (exact) mass is 353 g/mol. The molecule has 21 heavy (non-hydrogen) atoms. The minimum Gasteiger partial charge on any atom is -0.481 e. The van der Waals surface area contributed by atoms with Gasteiger partial charge in [-0.25, -0.2) is 0 Å². The van der Waals surface area contributed by atoms with E-state index in [0.717, 1.165) is 35.7 Å². The molecule has 114 valence electrons. The Morgan fingerprint density at radius 1 is 1.29 bits per heavy atom. The Bertz CT molecular complexity index is 524. The van der Waals surface area contributed by atoms with E-state index < -0.39 is 11.5 Å². The van der Waals surface area contributed by atoms with Crippen molar-refractivity contribution >= 4 is 27.8 Å². The fraction of sp³-hybridized carbons (Fsp3) is 0.500. The quantitative estimate of drug-likeness (QED) is 0.824. The molecule has 4 nitrogen and oxygen atoms in total. The summed E-state index contributed by atoms with van der Waals surface area (Å²) in [5.74, 6) is -0.901. The van der Waals surface area contributed by atoms with E-state index in [1.54, 1.807) is 0 Å². The average molecular weight is 354 g/mol. The second kappa shape index (κ2) is 7.07. The first-order chi connectivity index (χ1) is 9.99. The Labute approximate surface area is 133 Å². The lowest BCUT2D eigenvalue weighted by Gasteiger charge is -2.28. The maximum absolute atomic E-state index is 12.1. The van der Waals surface area contributed by atoms with Crippen LogP contribution in [-0.4, -0.2) is 22.5 Å². The van der Waals surface area contributed by atoms with Crippen molar-refractivity contribution in [3.63, 3.8) is 0 Å². The highest BCUT2D eigenvalue weighted by molar-refractivity contribution is 9.10. The predicted octanol–water partition coefficient (Wildman–Crippen LogP) is 3.29. The molecule has 0 unspecified atom stereocenters. The van der Waals surface area contributed by atoms with Crippen LogP contribution >= 0.6 is 15.9 Å². The summed E-state index contributed by atoms with van der Waals surface area (Å²) >= 11 is 3.41. The molecule has 1 amide bonds. The van der Waals surface area contributed by atoms with Gasteiger partial charge in [-0.05, 0) is 37.0 Å². The van der Waals surface area contributed by atoms with Gasteiger partial charge in [0.15, 0.2) is 0 Å². The van der Waals surface area contributed by atoms with E-state index in [0.29, 0.717) is 12.8 Å². The second-order valence-corrected chi connectivity index (χ2v) is 6.65. The van der Waals surface area contributed by atoms with Crippen molar-refractivity contribution in [3.8, 4) is 0 Å². The molecule has 0 aromatic heterocycles. The third-order valence-electron chi connectivity index (χ3n) is 3.98. The number of nitrogens with one attached hydrogen (secondary N) is 1. The number of hydrogen-bond acceptors (Lipinski definition) is 2. The summed E-state index contributed by atoms with van der Waals surface area (Å²) in [5, 5.41) is 12.0. The first-order valence-corrected chi connectivity index (χ1v) is 8.06. The van der Waals surface area contributed by atoms with Crippen molar-refractivity contribution in [2.75, 3.05) is 0 Å². The summed E-state index contributed by atoms with van der Waals surface area (Å²) in [5.41, 5.74) is 0.568. The van der Waals surface area contributed by atoms with E-state index in [9.17, 15) is 9.59 Å². The van der Waals surface area contributed by atoms with Crippen LogP contribution < -0.4 is 5.32 Å². The topological polar surface area (TPSA) is 66.4 Å². The fourth-order valence-electron chi connectivity index (χ4n) is 3.00. The Morgan fingerprint density at radius 3 is 2.62 bits per heavy atom. The summed E-state index contributed by atoms with van der Waals surface area (Å²) in [4.78, 5) is 23.1. The number of carbonyl (C=O) groups is 2. The van der Waals surface area contributed by atoms with Crippen molar-refractivity contribution in [2.45, 2.75) is 50.5 Å². The van der Waals surface area contributed by atoms with Gasteiger partial charge >= 0.3 is 5.97 Å². The van der Waals surface area contributed by atoms with Gasteiger partial charge in [0.1, 0.15) is 0 Å². The summed E-state index contributed by atoms with van der Waals surface area (Å²) in [6.07, 6.45) is 4.57. The molecule has 0 atom stereocenters. The van der Waals surface area contributed by atoms with Gasteiger partial charge in [0.25, 0.3) is 0 Å². The summed E-state index contributed by atoms with van der Waals surface area (Å²) in [6, 6.07) is 7.88. The number of carboxylic acid groups (broad SMARTS) is 1. The lowest BCUT2D eigenvalue weighted by atomic mass is 9.93. The number of carboxylic acids is 1. The van der Waals surface area contributed by atoms with Crippen LogP contribution in [0.2, 0.25) is 0 Å². The molecule has 0 bridgehead atoms. The van der Waals surface area contributed by atoms with Crippen molar-refractivity contribution in [1.29, 1.82) is 0 Å². The number of amides is 1. The Hall–Kier alpha value is -1.36. The third kappa shape index (κ3) is 4.84. The minimum absolute atomic E-state index is 0.0234. The van der Waals surface area contributed by atoms with Crippen LogP contribution in [0.25, 0.3) is 0 Å². The molecule has 0 spiro atoms. The highest BCUT2D eigenvalue weighted by Crippen LogP contribution is 2.32. The number of benzene rings is 1. The summed E-state index contributed by atoms with van der Waals surface area (Å²) < 4.78 is 0.999. The van der Waals surface area contributed by atoms with Crippen molar-refractivity contribution in [3.05, 3.63) is 34.3 Å². The smallest absolute Gasteiger partial charge is 0.305 e. The normalized spacial score (nSPS) is 16.6. The highest BCUT2D eigenvalue weighted by Gasteiger charge is 2.37. The lowest BCUT2D eigenvalue weighted by molar-refractivity contribution is -0.139. The molecule has 1 fully saturated rings. The van der Waals surface area contributed by atoms with E-state index in [-0.39, 0.29) is 12.3 Å². The van der Waals surface area contributed by atoms with Gasteiger partial charge in [-0.3, -0.25) is 9.59 Å². The number of aryl methyl sites for hydroxylation is 1. The van der Waals surface area contributed by atoms with Crippen LogP contribution in [0, 0.1) is 0 Å². The highest BCUT2D eigenvalue weighted by atomic mass is 79.9. The maximum Gasteiger partial charge on any atom is 0.305 e. The van der Waals surface area contributed by atoms with E-state index in [1.807, 2.05) is 24.3 Å². The molecule has 1 aliphatic rings. The van der Waals surface area contributed by atoms with Crippen molar-refractivity contribution in [2.24, 2.45) is 0 Å². The zero-order chi connectivity index (χ0) is 15.3. The third-order valence-corrected chi connectivity index (χ3v) is 4.48. The molecule has 1 aliphatic carbocycles. The SMILES string of the molecule is O=C(O)CC1(NC(=O)CCc2cccc(Br)c2)CCCC1. The molecule has 1 aromatic rings. The number of halogens is 1. The standard InChI is InChI=1S/C16H20BrNO3/c17-13-5-3-4-12(10-13)6-7-14(19)18-16(11-15(20)21)8-1-2-9-16/h3-5,10H,1-2,6-9,11H2,(H,18,19)(H,20,21). The first kappa shape index (κ1) is 16.0. The predicted molar refractivity (Wildman–Crippen MR) is 84.1 cm³/mol. The molecular weight excluding hydrogens is 334 g/mol. The minimum atomic E-state index is -0.843. The van der Waals surface area contributed by atoms with Gasteiger partial charge < -0.3 is 10.4 Å². The van der Waals surface area contributed by atoms with E-state index in [4.69, 9.17) is 5.11 Å². The number of aliphatic carboxylic acids is 1. The lowest BCUT2D eigenvalue weighted by Crippen LogP contribution is -2.47. The molecule has 1 aromatic carbocycles. The second-order valence-electron chi connectivity index (χ2n) is 5.74. The average Bonchev–Trinajstić information content (AvgIpc) is 2.83. The summed E-state index contributed by atoms with van der Waals surface area (Å²) in [7, 11) is 0. The van der Waals surface area contributed by atoms with Crippen molar-refractivity contribution in [1.82, 2.24) is 5.32 Å². The molecule has 0 saturated heterocycles. The van der Waals surface area contributed by atoms with Gasteiger partial charge in [0, 0.05) is 10.9 Å². The molecule has 2 rings (SSSR count). The molecule has 2 N–H and O–H groups in total. The zero-order valence-electron chi connectivity index (χ0n) is 11.9. The first-order valence-electron chi connectivity index (χ1n) is 7.26. The van der Waals surface area contributed by atoms with Crippen LogP contribution in [0.1, 0.15) is 44.1 Å². The zero-order valence-corrected chi connectivity index (χ0v) is 13.5. The molecular formula is C16H20BrNO3. The Kier molecular flexibility index (Phi) is 5.39. The largest absolute Gasteiger partial charge is 0.481 e. The molecule has 5 heteroatoms. The molecule has 0 heterocycles. The van der Waals surface area contributed by atoms with E-state index in [1.165, 1.54) is 0 Å².